The largest absolute Gasteiger partial charge is 0.756 e. The molecule has 0 bridgehead atoms. The molecule has 0 saturated heterocycles. The summed E-state index contributed by atoms with van der Waals surface area (Å²) < 4.78 is 23.3. The van der Waals surface area contributed by atoms with E-state index >= 15 is 0 Å². The quantitative estimate of drug-likeness (QED) is 0.0272. The van der Waals surface area contributed by atoms with E-state index in [1.54, 1.807) is 6.08 Å². The van der Waals surface area contributed by atoms with Crippen LogP contribution in [0.2, 0.25) is 0 Å². The second-order valence-corrected chi connectivity index (χ2v) is 25.2. The number of aliphatic hydroxyl groups excluding tert-OH is 1. The maximum Gasteiger partial charge on any atom is 0.268 e. The minimum Gasteiger partial charge on any atom is -0.756 e. The van der Waals surface area contributed by atoms with E-state index in [0.717, 1.165) is 44.9 Å². The molecule has 0 aliphatic rings. The zero-order valence-corrected chi connectivity index (χ0v) is 51.7. The van der Waals surface area contributed by atoms with Crippen molar-refractivity contribution >= 4 is 13.7 Å². The number of allylic oxidation sites excluding steroid dienone is 5. The van der Waals surface area contributed by atoms with Crippen molar-refractivity contribution in [1.82, 2.24) is 5.32 Å². The number of unbranched alkanes of at least 4 members (excludes halogenated alkanes) is 44. The highest BCUT2D eigenvalue weighted by Gasteiger charge is 2.23. The first-order valence-electron chi connectivity index (χ1n) is 32.9. The van der Waals surface area contributed by atoms with E-state index in [-0.39, 0.29) is 19.1 Å². The second kappa shape index (κ2) is 57.4. The van der Waals surface area contributed by atoms with Crippen LogP contribution in [0.1, 0.15) is 328 Å². The fourth-order valence-electron chi connectivity index (χ4n) is 9.95. The molecule has 444 valence electrons. The molecule has 0 spiro atoms. The van der Waals surface area contributed by atoms with Crippen LogP contribution in [-0.4, -0.2) is 68.5 Å². The summed E-state index contributed by atoms with van der Waals surface area (Å²) in [6.07, 6.45) is 75.7. The number of rotatable bonds is 61. The van der Waals surface area contributed by atoms with Gasteiger partial charge in [0.2, 0.25) is 5.91 Å². The van der Waals surface area contributed by atoms with Gasteiger partial charge in [0.1, 0.15) is 13.2 Å². The molecule has 0 aliphatic carbocycles. The number of phosphoric ester groups is 1. The molecular weight excluding hydrogens is 948 g/mol. The lowest BCUT2D eigenvalue weighted by molar-refractivity contribution is -0.870. The molecule has 0 aromatic heterocycles. The Morgan fingerprint density at radius 3 is 1.11 bits per heavy atom. The molecule has 0 rings (SSSR count). The van der Waals surface area contributed by atoms with Crippen molar-refractivity contribution < 1.29 is 32.9 Å². The number of hydrogen-bond donors (Lipinski definition) is 2. The molecule has 9 heteroatoms. The summed E-state index contributed by atoms with van der Waals surface area (Å²) in [6, 6.07) is -0.883. The van der Waals surface area contributed by atoms with Crippen LogP contribution in [0.4, 0.5) is 0 Å². The number of quaternary nitrogens is 1. The monoisotopic (exact) mass is 1080 g/mol. The number of hydrogen-bond acceptors (Lipinski definition) is 6. The molecule has 3 unspecified atom stereocenters. The molecule has 0 fully saturated rings. The molecule has 1 amide bonds. The molecule has 3 atom stereocenters. The first-order valence-corrected chi connectivity index (χ1v) is 34.3. The van der Waals surface area contributed by atoms with E-state index in [1.807, 2.05) is 27.2 Å². The van der Waals surface area contributed by atoms with Crippen LogP contribution in [0.25, 0.3) is 0 Å². The van der Waals surface area contributed by atoms with E-state index in [1.165, 1.54) is 263 Å². The third kappa shape index (κ3) is 60.2. The van der Waals surface area contributed by atoms with Gasteiger partial charge in [-0.2, -0.15) is 0 Å². The van der Waals surface area contributed by atoms with Crippen LogP contribution in [0.5, 0.6) is 0 Å². The molecule has 0 aromatic rings. The fourth-order valence-corrected chi connectivity index (χ4v) is 10.7. The van der Waals surface area contributed by atoms with Gasteiger partial charge in [0.05, 0.1) is 39.9 Å². The first-order chi connectivity index (χ1) is 36.5. The van der Waals surface area contributed by atoms with Gasteiger partial charge in [-0.05, 0) is 51.4 Å². The molecule has 0 aromatic carbocycles. The summed E-state index contributed by atoms with van der Waals surface area (Å²) in [7, 11) is 1.27. The second-order valence-electron chi connectivity index (χ2n) is 23.8. The minimum absolute atomic E-state index is 0.00127. The Labute approximate surface area is 467 Å². The van der Waals surface area contributed by atoms with Crippen molar-refractivity contribution in [2.45, 2.75) is 341 Å². The highest BCUT2D eigenvalue weighted by molar-refractivity contribution is 7.45. The SMILES string of the molecule is CCCCCCC/C=C\C/C=C\CCCCCCCCCCCCCCCCCCCCCCCCCCCCCCCC(=O)NC(COP(=O)([O-])OCC[N+](C)(C)C)C(O)/C=C/CCCCCCCCCCCC. The smallest absolute Gasteiger partial charge is 0.268 e. The van der Waals surface area contributed by atoms with E-state index in [4.69, 9.17) is 9.05 Å². The van der Waals surface area contributed by atoms with Gasteiger partial charge < -0.3 is 28.8 Å². The van der Waals surface area contributed by atoms with Gasteiger partial charge in [0.15, 0.2) is 0 Å². The molecule has 0 heterocycles. The molecule has 0 aliphatic heterocycles. The number of carbonyl (C=O) groups is 1. The van der Waals surface area contributed by atoms with Crippen molar-refractivity contribution in [1.29, 1.82) is 0 Å². The zero-order valence-electron chi connectivity index (χ0n) is 50.8. The number of phosphoric acid groups is 1. The lowest BCUT2D eigenvalue weighted by atomic mass is 10.0. The maximum atomic E-state index is 13.0. The third-order valence-electron chi connectivity index (χ3n) is 15.1. The number of aliphatic hydroxyl groups is 1. The Hall–Kier alpha value is -1.28. The van der Waals surface area contributed by atoms with Gasteiger partial charge >= 0.3 is 0 Å². The van der Waals surface area contributed by atoms with Crippen molar-refractivity contribution in [3.63, 3.8) is 0 Å². The predicted molar refractivity (Wildman–Crippen MR) is 325 cm³/mol. The molecule has 75 heavy (non-hydrogen) atoms. The summed E-state index contributed by atoms with van der Waals surface area (Å²) in [5.41, 5.74) is 0. The number of carbonyl (C=O) groups excluding carboxylic acids is 1. The average Bonchev–Trinajstić information content (AvgIpc) is 3.37. The van der Waals surface area contributed by atoms with E-state index in [2.05, 4.69) is 43.5 Å². The Morgan fingerprint density at radius 2 is 0.773 bits per heavy atom. The van der Waals surface area contributed by atoms with Crippen LogP contribution in [0.15, 0.2) is 36.5 Å². The van der Waals surface area contributed by atoms with Gasteiger partial charge in [0.25, 0.3) is 7.82 Å². The van der Waals surface area contributed by atoms with Gasteiger partial charge in [-0.25, -0.2) is 0 Å². The van der Waals surface area contributed by atoms with Crippen molar-refractivity contribution in [3.8, 4) is 0 Å². The molecule has 0 radical (unpaired) electrons. The molecular formula is C66H129N2O6P. The Morgan fingerprint density at radius 1 is 0.467 bits per heavy atom. The molecule has 0 saturated carbocycles. The summed E-state index contributed by atoms with van der Waals surface area (Å²) in [5, 5.41) is 13.9. The van der Waals surface area contributed by atoms with Crippen LogP contribution < -0.4 is 10.2 Å². The fraction of sp³-hybridized carbons (Fsp3) is 0.894. The standard InChI is InChI=1S/C66H129N2O6P/c1-6-8-10-12-14-16-18-20-21-22-23-24-25-26-27-28-29-30-31-32-33-34-35-36-37-38-39-40-41-42-43-44-45-46-47-48-50-52-54-56-58-60-66(70)67-64(63-74-75(71,72)73-62-61-68(3,4)5)65(69)59-57-55-53-51-49-19-17-15-13-11-9-7-2/h18,20,22-23,57,59,64-65,69H,6-17,19,21,24-56,58,60-63H2,1-5H3,(H-,67,70,71,72)/b20-18-,23-22-,59-57+. The molecule has 2 N–H and O–H groups in total. The Bertz CT molecular complexity index is 1320. The normalized spacial score (nSPS) is 14.0. The van der Waals surface area contributed by atoms with E-state index < -0.39 is 20.0 Å². The lowest BCUT2D eigenvalue weighted by Gasteiger charge is -2.29. The van der Waals surface area contributed by atoms with E-state index in [9.17, 15) is 19.4 Å². The Balaban J connectivity index is 3.80. The summed E-state index contributed by atoms with van der Waals surface area (Å²) >= 11 is 0. The van der Waals surface area contributed by atoms with Crippen LogP contribution in [-0.2, 0) is 18.4 Å². The van der Waals surface area contributed by atoms with Crippen LogP contribution in [0.3, 0.4) is 0 Å². The highest BCUT2D eigenvalue weighted by Crippen LogP contribution is 2.38. The Kier molecular flexibility index (Phi) is 56.4. The van der Waals surface area contributed by atoms with Crippen molar-refractivity contribution in [2.24, 2.45) is 0 Å². The third-order valence-corrected chi connectivity index (χ3v) is 16.1. The number of nitrogens with one attached hydrogen (secondary N) is 1. The first kappa shape index (κ1) is 73.7. The average molecular weight is 1080 g/mol. The highest BCUT2D eigenvalue weighted by atomic mass is 31.2. The zero-order chi connectivity index (χ0) is 54.9. The number of nitrogens with zero attached hydrogens (tertiary/aromatic N) is 1. The number of amides is 1. The van der Waals surface area contributed by atoms with Crippen molar-refractivity contribution in [2.75, 3.05) is 40.9 Å². The van der Waals surface area contributed by atoms with Gasteiger partial charge in [-0.15, -0.1) is 0 Å². The van der Waals surface area contributed by atoms with Crippen molar-refractivity contribution in [3.05, 3.63) is 36.5 Å². The summed E-state index contributed by atoms with van der Waals surface area (Å²) in [4.78, 5) is 25.5. The topological polar surface area (TPSA) is 108 Å². The summed E-state index contributed by atoms with van der Waals surface area (Å²) in [5.74, 6) is -0.192. The van der Waals surface area contributed by atoms with Gasteiger partial charge in [-0.1, -0.05) is 307 Å². The van der Waals surface area contributed by atoms with Crippen LogP contribution >= 0.6 is 7.82 Å². The van der Waals surface area contributed by atoms with Gasteiger partial charge in [0, 0.05) is 6.42 Å². The van der Waals surface area contributed by atoms with Gasteiger partial charge in [-0.3, -0.25) is 9.36 Å². The lowest BCUT2D eigenvalue weighted by Crippen LogP contribution is -2.45. The van der Waals surface area contributed by atoms with E-state index in [0.29, 0.717) is 17.4 Å². The maximum absolute atomic E-state index is 13.0. The number of likely N-dealkylation sites (N-methyl/N-ethyl adjacent to an activating group) is 1. The molecule has 8 nitrogen and oxygen atoms in total. The minimum atomic E-state index is -4.59. The summed E-state index contributed by atoms with van der Waals surface area (Å²) in [6.45, 7) is 4.66. The predicted octanol–water partition coefficient (Wildman–Crippen LogP) is 19.9. The van der Waals surface area contributed by atoms with Crippen LogP contribution in [0, 0.1) is 0 Å².